The molecule has 0 aliphatic carbocycles. The van der Waals surface area contributed by atoms with Crippen molar-refractivity contribution < 1.29 is 28.9 Å². The Balaban J connectivity index is 2.15. The van der Waals surface area contributed by atoms with Gasteiger partial charge in [-0.25, -0.2) is 4.79 Å². The van der Waals surface area contributed by atoms with Crippen molar-refractivity contribution in [3.63, 3.8) is 0 Å². The van der Waals surface area contributed by atoms with E-state index in [0.29, 0.717) is 28.0 Å². The van der Waals surface area contributed by atoms with Gasteiger partial charge in [0.05, 0.1) is 29.8 Å². The number of aromatic hydroxyl groups is 1. The second-order valence-corrected chi connectivity index (χ2v) is 6.59. The molecule has 0 aromatic heterocycles. The quantitative estimate of drug-likeness (QED) is 0.578. The molecule has 0 fully saturated rings. The Bertz CT molecular complexity index is 941. The fraction of sp³-hybridized carbons (Fsp3) is 0.250. The normalized spacial score (nSPS) is 11.1. The van der Waals surface area contributed by atoms with Crippen LogP contribution in [0, 0.1) is 11.3 Å². The highest BCUT2D eigenvalue weighted by Crippen LogP contribution is 2.36. The van der Waals surface area contributed by atoms with E-state index < -0.39 is 24.5 Å². The van der Waals surface area contributed by atoms with Crippen molar-refractivity contribution in [3.05, 3.63) is 52.0 Å². The van der Waals surface area contributed by atoms with Gasteiger partial charge in [0, 0.05) is 6.07 Å². The number of esters is 1. The smallest absolute Gasteiger partial charge is 0.333 e. The van der Waals surface area contributed by atoms with E-state index in [1.165, 1.54) is 25.3 Å². The van der Waals surface area contributed by atoms with Crippen LogP contribution in [0.1, 0.15) is 24.1 Å². The molecule has 1 amide bonds. The topological polar surface area (TPSA) is 118 Å². The monoisotopic (exact) mass is 462 g/mol. The number of carbonyl (C=O) groups excluding carboxylic acids is 2. The van der Waals surface area contributed by atoms with Crippen LogP contribution < -0.4 is 14.8 Å². The second-order valence-electron chi connectivity index (χ2n) is 5.74. The van der Waals surface area contributed by atoms with Crippen LogP contribution in [0.5, 0.6) is 17.2 Å². The maximum absolute atomic E-state index is 12.4. The average Bonchev–Trinajstić information content (AvgIpc) is 2.70. The van der Waals surface area contributed by atoms with Gasteiger partial charge in [-0.2, -0.15) is 5.26 Å². The van der Waals surface area contributed by atoms with Crippen LogP contribution in [-0.2, 0) is 14.3 Å². The van der Waals surface area contributed by atoms with Gasteiger partial charge in [-0.05, 0) is 46.6 Å². The van der Waals surface area contributed by atoms with E-state index in [1.807, 2.05) is 6.07 Å². The fourth-order valence-corrected chi connectivity index (χ4v) is 3.03. The Labute approximate surface area is 176 Å². The fourth-order valence-electron chi connectivity index (χ4n) is 2.48. The number of phenols is 1. The summed E-state index contributed by atoms with van der Waals surface area (Å²) in [6.45, 7) is 1.70. The summed E-state index contributed by atoms with van der Waals surface area (Å²) < 4.78 is 16.2. The minimum Gasteiger partial charge on any atom is -0.508 e. The Morgan fingerprint density at radius 1 is 1.28 bits per heavy atom. The molecule has 0 heterocycles. The predicted molar refractivity (Wildman–Crippen MR) is 107 cm³/mol. The summed E-state index contributed by atoms with van der Waals surface area (Å²) in [7, 11) is 1.20. The maximum Gasteiger partial charge on any atom is 0.333 e. The van der Waals surface area contributed by atoms with Crippen LogP contribution in [0.25, 0.3) is 0 Å². The molecular formula is C20H19BrN2O6. The van der Waals surface area contributed by atoms with E-state index in [0.717, 1.165) is 0 Å². The van der Waals surface area contributed by atoms with Gasteiger partial charge in [0.1, 0.15) is 5.75 Å². The van der Waals surface area contributed by atoms with Gasteiger partial charge in [-0.15, -0.1) is 0 Å². The predicted octanol–water partition coefficient (Wildman–Crippen LogP) is 2.83. The third kappa shape index (κ3) is 5.86. The van der Waals surface area contributed by atoms with Gasteiger partial charge in [0.15, 0.2) is 24.1 Å². The van der Waals surface area contributed by atoms with E-state index in [4.69, 9.17) is 19.5 Å². The first-order valence-electron chi connectivity index (χ1n) is 8.55. The Hall–Kier alpha value is -3.25. The van der Waals surface area contributed by atoms with Gasteiger partial charge >= 0.3 is 5.97 Å². The Kier molecular flexibility index (Phi) is 7.86. The lowest BCUT2D eigenvalue weighted by molar-refractivity contribution is -0.145. The number of hydrogen-bond acceptors (Lipinski definition) is 7. The maximum atomic E-state index is 12.4. The number of amides is 1. The number of halogens is 1. The molecule has 2 aromatic carbocycles. The van der Waals surface area contributed by atoms with Crippen molar-refractivity contribution in [2.24, 2.45) is 0 Å². The lowest BCUT2D eigenvalue weighted by atomic mass is 10.1. The van der Waals surface area contributed by atoms with Crippen LogP contribution >= 0.6 is 15.9 Å². The molecule has 0 bridgehead atoms. The molecular weight excluding hydrogens is 444 g/mol. The zero-order valence-electron chi connectivity index (χ0n) is 15.8. The van der Waals surface area contributed by atoms with Gasteiger partial charge < -0.3 is 24.6 Å². The summed E-state index contributed by atoms with van der Waals surface area (Å²) in [5, 5.41) is 21.2. The first-order valence-corrected chi connectivity index (χ1v) is 9.34. The standard InChI is InChI=1S/C20H19BrN2O6/c1-3-28-16-8-12(10-22)7-15(21)19(16)29-11-17(25)23-18(20(26)27-2)13-5-4-6-14(24)9-13/h4-9,18,24H,3,11H2,1-2H3,(H,23,25). The van der Waals surface area contributed by atoms with Crippen molar-refractivity contribution in [1.82, 2.24) is 5.32 Å². The number of nitriles is 1. The SMILES string of the molecule is CCOc1cc(C#N)cc(Br)c1OCC(=O)NC(C(=O)OC)c1cccc(O)c1. The van der Waals surface area contributed by atoms with Crippen molar-refractivity contribution in [3.8, 4) is 23.3 Å². The molecule has 0 spiro atoms. The number of nitrogens with zero attached hydrogens (tertiary/aromatic N) is 1. The molecule has 2 N–H and O–H groups in total. The molecule has 2 rings (SSSR count). The lowest BCUT2D eigenvalue weighted by Crippen LogP contribution is -2.37. The largest absolute Gasteiger partial charge is 0.508 e. The molecule has 0 aliphatic rings. The molecule has 0 aliphatic heterocycles. The van der Waals surface area contributed by atoms with Gasteiger partial charge in [0.2, 0.25) is 0 Å². The zero-order chi connectivity index (χ0) is 21.4. The summed E-state index contributed by atoms with van der Waals surface area (Å²) in [6, 6.07) is 9.87. The molecule has 1 unspecified atom stereocenters. The molecule has 0 saturated carbocycles. The first kappa shape index (κ1) is 22.0. The van der Waals surface area contributed by atoms with Crippen LogP contribution in [0.2, 0.25) is 0 Å². The number of methoxy groups -OCH3 is 1. The first-order chi connectivity index (χ1) is 13.9. The number of phenolic OH excluding ortho intramolecular Hbond substituents is 1. The highest BCUT2D eigenvalue weighted by Gasteiger charge is 2.24. The Morgan fingerprint density at radius 3 is 2.66 bits per heavy atom. The summed E-state index contributed by atoms with van der Waals surface area (Å²) in [5.74, 6) is -0.776. The van der Waals surface area contributed by atoms with Crippen molar-refractivity contribution in [1.29, 1.82) is 5.26 Å². The zero-order valence-corrected chi connectivity index (χ0v) is 17.4. The summed E-state index contributed by atoms with van der Waals surface area (Å²) in [6.07, 6.45) is 0. The molecule has 1 atom stereocenters. The minimum absolute atomic E-state index is 0.0511. The summed E-state index contributed by atoms with van der Waals surface area (Å²) in [5.41, 5.74) is 0.728. The van der Waals surface area contributed by atoms with E-state index in [1.54, 1.807) is 25.1 Å². The van der Waals surface area contributed by atoms with E-state index in [2.05, 4.69) is 21.2 Å². The van der Waals surface area contributed by atoms with Crippen LogP contribution in [0.15, 0.2) is 40.9 Å². The number of ether oxygens (including phenoxy) is 3. The summed E-state index contributed by atoms with van der Waals surface area (Å²) >= 11 is 3.30. The van der Waals surface area contributed by atoms with E-state index >= 15 is 0 Å². The number of carbonyl (C=O) groups is 2. The van der Waals surface area contributed by atoms with E-state index in [-0.39, 0.29) is 11.5 Å². The van der Waals surface area contributed by atoms with Crippen LogP contribution in [0.3, 0.4) is 0 Å². The molecule has 29 heavy (non-hydrogen) atoms. The molecule has 9 heteroatoms. The van der Waals surface area contributed by atoms with Crippen LogP contribution in [0.4, 0.5) is 0 Å². The average molecular weight is 463 g/mol. The lowest BCUT2D eigenvalue weighted by Gasteiger charge is -2.18. The summed E-state index contributed by atoms with van der Waals surface area (Å²) in [4.78, 5) is 24.5. The molecule has 8 nitrogen and oxygen atoms in total. The number of hydrogen-bond donors (Lipinski definition) is 2. The number of rotatable bonds is 8. The van der Waals surface area contributed by atoms with E-state index in [9.17, 15) is 14.7 Å². The molecule has 0 radical (unpaired) electrons. The highest BCUT2D eigenvalue weighted by molar-refractivity contribution is 9.10. The molecule has 2 aromatic rings. The third-order valence-corrected chi connectivity index (χ3v) is 4.32. The van der Waals surface area contributed by atoms with Crippen molar-refractivity contribution in [2.75, 3.05) is 20.3 Å². The highest BCUT2D eigenvalue weighted by atomic mass is 79.9. The van der Waals surface area contributed by atoms with Gasteiger partial charge in [-0.3, -0.25) is 4.79 Å². The Morgan fingerprint density at radius 2 is 2.03 bits per heavy atom. The van der Waals surface area contributed by atoms with Crippen molar-refractivity contribution >= 4 is 27.8 Å². The van der Waals surface area contributed by atoms with Gasteiger partial charge in [0.25, 0.3) is 5.91 Å². The van der Waals surface area contributed by atoms with Crippen LogP contribution in [-0.4, -0.2) is 37.3 Å². The van der Waals surface area contributed by atoms with Crippen molar-refractivity contribution in [2.45, 2.75) is 13.0 Å². The number of nitrogens with one attached hydrogen (secondary N) is 1. The second kappa shape index (κ2) is 10.3. The number of benzene rings is 2. The molecule has 0 saturated heterocycles. The molecule has 152 valence electrons. The third-order valence-electron chi connectivity index (χ3n) is 3.73. The van der Waals surface area contributed by atoms with Gasteiger partial charge in [-0.1, -0.05) is 12.1 Å². The minimum atomic E-state index is -1.11.